The lowest BCUT2D eigenvalue weighted by molar-refractivity contribution is -0.384. The molecule has 0 aliphatic rings. The second-order valence-corrected chi connectivity index (χ2v) is 10.1. The maximum Gasteiger partial charge on any atom is 0.307 e. The average Bonchev–Trinajstić information content (AvgIpc) is 3.49. The largest absolute Gasteiger partial charge is 0.494 e. The molecule has 40 heavy (non-hydrogen) atoms. The van der Waals surface area contributed by atoms with Crippen molar-refractivity contribution in [3.63, 3.8) is 0 Å². The maximum atomic E-state index is 12.6. The summed E-state index contributed by atoms with van der Waals surface area (Å²) in [6, 6.07) is 23.6. The highest BCUT2D eigenvalue weighted by Gasteiger charge is 2.14. The van der Waals surface area contributed by atoms with E-state index in [0.717, 1.165) is 37.8 Å². The number of carbonyl (C=O) groups excluding carboxylic acids is 1. The van der Waals surface area contributed by atoms with Gasteiger partial charge in [0.1, 0.15) is 11.3 Å². The Kier molecular flexibility index (Phi) is 7.70. The van der Waals surface area contributed by atoms with Crippen molar-refractivity contribution >= 4 is 40.5 Å². The fraction of sp³-hybridized carbons (Fsp3) is 0.133. The Morgan fingerprint density at radius 3 is 2.42 bits per heavy atom. The van der Waals surface area contributed by atoms with E-state index in [1.807, 2.05) is 57.2 Å². The Morgan fingerprint density at radius 1 is 1.05 bits per heavy atom. The second kappa shape index (κ2) is 11.5. The van der Waals surface area contributed by atoms with E-state index >= 15 is 0 Å². The molecule has 0 bridgehead atoms. The zero-order chi connectivity index (χ0) is 28.2. The monoisotopic (exact) mass is 554 g/mol. The van der Waals surface area contributed by atoms with Crippen molar-refractivity contribution in [3.8, 4) is 11.4 Å². The Labute approximate surface area is 234 Å². The number of furan rings is 1. The van der Waals surface area contributed by atoms with Crippen LogP contribution in [0.1, 0.15) is 34.4 Å². The summed E-state index contributed by atoms with van der Waals surface area (Å²) in [5.74, 6) is 0.437. The number of rotatable bonds is 9. The molecule has 0 spiro atoms. The predicted octanol–water partition coefficient (Wildman–Crippen LogP) is 7.06. The number of aromatic nitrogens is 1. The SMILES string of the molecule is CCOc1ccc2oc(C(=O)N/N=C/c3cc(C)n(-c4ccc(Sc5ccc([N+](=O)[O-])cc5)cc4)c3C)cc2c1. The van der Waals surface area contributed by atoms with Crippen molar-refractivity contribution in [2.45, 2.75) is 30.6 Å². The fourth-order valence-electron chi connectivity index (χ4n) is 4.36. The van der Waals surface area contributed by atoms with Gasteiger partial charge in [0, 0.05) is 49.9 Å². The minimum Gasteiger partial charge on any atom is -0.494 e. The van der Waals surface area contributed by atoms with E-state index in [2.05, 4.69) is 15.1 Å². The van der Waals surface area contributed by atoms with Crippen LogP contribution in [0.25, 0.3) is 16.7 Å². The Bertz CT molecular complexity index is 1720. The van der Waals surface area contributed by atoms with Gasteiger partial charge in [-0.1, -0.05) is 11.8 Å². The third-order valence-corrected chi connectivity index (χ3v) is 7.26. The molecular weight excluding hydrogens is 528 g/mol. The first kappa shape index (κ1) is 26.8. The van der Waals surface area contributed by atoms with Gasteiger partial charge in [-0.2, -0.15) is 5.10 Å². The van der Waals surface area contributed by atoms with Crippen LogP contribution in [0.4, 0.5) is 5.69 Å². The molecule has 0 radical (unpaired) electrons. The highest BCUT2D eigenvalue weighted by atomic mass is 32.2. The summed E-state index contributed by atoms with van der Waals surface area (Å²) >= 11 is 1.53. The summed E-state index contributed by atoms with van der Waals surface area (Å²) in [6.07, 6.45) is 1.62. The first-order valence-corrected chi connectivity index (χ1v) is 13.4. The average molecular weight is 555 g/mol. The number of hydrogen-bond acceptors (Lipinski definition) is 7. The van der Waals surface area contributed by atoms with Crippen LogP contribution in [-0.4, -0.2) is 28.2 Å². The van der Waals surface area contributed by atoms with Crippen molar-refractivity contribution in [2.75, 3.05) is 6.61 Å². The Morgan fingerprint density at radius 2 is 1.75 bits per heavy atom. The zero-order valence-corrected chi connectivity index (χ0v) is 22.9. The lowest BCUT2D eigenvalue weighted by atomic mass is 10.2. The number of hydrogen-bond donors (Lipinski definition) is 1. The molecule has 202 valence electrons. The number of carbonyl (C=O) groups is 1. The van der Waals surface area contributed by atoms with Gasteiger partial charge in [0.05, 0.1) is 17.7 Å². The molecule has 0 aliphatic heterocycles. The molecule has 5 rings (SSSR count). The highest BCUT2D eigenvalue weighted by molar-refractivity contribution is 7.99. The minimum atomic E-state index is -0.444. The Hall–Kier alpha value is -4.83. The molecule has 3 aromatic carbocycles. The topological polar surface area (TPSA) is 112 Å². The van der Waals surface area contributed by atoms with E-state index in [9.17, 15) is 14.9 Å². The zero-order valence-electron chi connectivity index (χ0n) is 22.1. The van der Waals surface area contributed by atoms with Crippen molar-refractivity contribution < 1.29 is 18.9 Å². The first-order valence-electron chi connectivity index (χ1n) is 12.5. The number of nitrogens with zero attached hydrogens (tertiary/aromatic N) is 3. The number of hydrazone groups is 1. The van der Waals surface area contributed by atoms with Crippen LogP contribution in [0.2, 0.25) is 0 Å². The molecule has 1 N–H and O–H groups in total. The van der Waals surface area contributed by atoms with Gasteiger partial charge in [0.25, 0.3) is 5.69 Å². The van der Waals surface area contributed by atoms with Gasteiger partial charge in [-0.3, -0.25) is 14.9 Å². The van der Waals surface area contributed by atoms with Crippen LogP contribution >= 0.6 is 11.8 Å². The number of benzene rings is 3. The number of nitro benzene ring substituents is 1. The number of non-ortho nitro benzene ring substituents is 1. The van der Waals surface area contributed by atoms with Gasteiger partial charge >= 0.3 is 5.91 Å². The summed E-state index contributed by atoms with van der Waals surface area (Å²) < 4.78 is 13.3. The molecule has 10 heteroatoms. The van der Waals surface area contributed by atoms with E-state index in [1.165, 1.54) is 23.9 Å². The molecule has 0 atom stereocenters. The summed E-state index contributed by atoms with van der Waals surface area (Å²) in [6.45, 7) is 6.47. The summed E-state index contributed by atoms with van der Waals surface area (Å²) in [5.41, 5.74) is 7.05. The van der Waals surface area contributed by atoms with Gasteiger partial charge in [-0.15, -0.1) is 0 Å². The van der Waals surface area contributed by atoms with Gasteiger partial charge in [0.15, 0.2) is 5.76 Å². The highest BCUT2D eigenvalue weighted by Crippen LogP contribution is 2.30. The quantitative estimate of drug-likeness (QED) is 0.119. The number of ether oxygens (including phenoxy) is 1. The number of nitro groups is 1. The third-order valence-electron chi connectivity index (χ3n) is 6.24. The van der Waals surface area contributed by atoms with Crippen LogP contribution in [0.3, 0.4) is 0 Å². The van der Waals surface area contributed by atoms with Crippen molar-refractivity contribution in [1.82, 2.24) is 9.99 Å². The van der Waals surface area contributed by atoms with Gasteiger partial charge in [-0.25, -0.2) is 5.43 Å². The third kappa shape index (κ3) is 5.76. The lowest BCUT2D eigenvalue weighted by Crippen LogP contribution is -2.16. The standard InChI is InChI=1S/C30H26N4O5S/c1-4-38-25-9-14-28-21(16-25)17-29(39-28)30(35)32-31-18-22-15-19(2)33(20(22)3)23-5-10-26(11-6-23)40-27-12-7-24(8-13-27)34(36)37/h5-18H,4H2,1-3H3,(H,32,35)/b31-18+. The van der Waals surface area contributed by atoms with Crippen molar-refractivity contribution in [1.29, 1.82) is 0 Å². The molecule has 0 unspecified atom stereocenters. The van der Waals surface area contributed by atoms with Crippen LogP contribution in [0.15, 0.2) is 98.2 Å². The van der Waals surface area contributed by atoms with Crippen molar-refractivity contribution in [3.05, 3.63) is 112 Å². The maximum absolute atomic E-state index is 12.6. The summed E-state index contributed by atoms with van der Waals surface area (Å²) in [7, 11) is 0. The van der Waals surface area contributed by atoms with E-state index in [-0.39, 0.29) is 11.4 Å². The summed E-state index contributed by atoms with van der Waals surface area (Å²) in [5, 5.41) is 15.8. The molecule has 0 saturated carbocycles. The van der Waals surface area contributed by atoms with E-state index in [1.54, 1.807) is 36.5 Å². The van der Waals surface area contributed by atoms with E-state index in [0.29, 0.717) is 17.9 Å². The van der Waals surface area contributed by atoms with Gasteiger partial charge in [-0.05, 0) is 87.5 Å². The fourth-order valence-corrected chi connectivity index (χ4v) is 5.17. The van der Waals surface area contributed by atoms with E-state index < -0.39 is 10.8 Å². The Balaban J connectivity index is 1.25. The molecule has 5 aromatic rings. The minimum absolute atomic E-state index is 0.0723. The molecule has 2 aromatic heterocycles. The van der Waals surface area contributed by atoms with E-state index in [4.69, 9.17) is 9.15 Å². The van der Waals surface area contributed by atoms with Crippen LogP contribution < -0.4 is 10.2 Å². The smallest absolute Gasteiger partial charge is 0.307 e. The predicted molar refractivity (Wildman–Crippen MR) is 155 cm³/mol. The molecule has 0 saturated heterocycles. The van der Waals surface area contributed by atoms with Crippen molar-refractivity contribution in [2.24, 2.45) is 5.10 Å². The van der Waals surface area contributed by atoms with Crippen LogP contribution in [0, 0.1) is 24.0 Å². The second-order valence-electron chi connectivity index (χ2n) is 8.95. The molecule has 0 aliphatic carbocycles. The molecule has 0 fully saturated rings. The molecular formula is C30H26N4O5S. The first-order chi connectivity index (χ1) is 19.3. The molecule has 1 amide bonds. The number of aryl methyl sites for hydroxylation is 1. The van der Waals surface area contributed by atoms with Gasteiger partial charge < -0.3 is 13.7 Å². The lowest BCUT2D eigenvalue weighted by Gasteiger charge is -2.10. The number of fused-ring (bicyclic) bond motifs is 1. The number of amides is 1. The number of nitrogens with one attached hydrogen (secondary N) is 1. The summed E-state index contributed by atoms with van der Waals surface area (Å²) in [4.78, 5) is 25.0. The van der Waals surface area contributed by atoms with Gasteiger partial charge in [0.2, 0.25) is 0 Å². The molecule has 9 nitrogen and oxygen atoms in total. The normalized spacial score (nSPS) is 11.3. The molecule has 2 heterocycles. The van der Waals surface area contributed by atoms with Crippen LogP contribution in [-0.2, 0) is 0 Å². The van der Waals surface area contributed by atoms with Crippen LogP contribution in [0.5, 0.6) is 5.75 Å².